The minimum absolute atomic E-state index is 0.543. The number of nitrogens with zero attached hydrogens (tertiary/aromatic N) is 3. The van der Waals surface area contributed by atoms with E-state index in [-0.39, 0.29) is 0 Å². The van der Waals surface area contributed by atoms with Gasteiger partial charge in [-0.3, -0.25) is 0 Å². The molecule has 0 spiro atoms. The quantitative estimate of drug-likeness (QED) is 0.373. The Morgan fingerprint density at radius 1 is 0.613 bits per heavy atom. The van der Waals surface area contributed by atoms with Gasteiger partial charge in [-0.2, -0.15) is 0 Å². The first-order chi connectivity index (χ1) is 15.3. The summed E-state index contributed by atoms with van der Waals surface area (Å²) in [6.45, 7) is 0.543. The molecular formula is C26H18N4O. The number of ether oxygens (including phenoxy) is 1. The standard InChI is InChI=1S/C26H18N4O/c1-2-6-17(7-3-1)16-31-19-12-10-18(11-13-19)26-29-24-14-22-23(15-25(24)30-26)28-21-9-5-4-8-20(21)27-22/h1-15,27H,16H2. The lowest BCUT2D eigenvalue weighted by Crippen LogP contribution is -1.94. The molecule has 0 saturated heterocycles. The summed E-state index contributed by atoms with van der Waals surface area (Å²) in [6, 6.07) is 30.0. The third-order valence-corrected chi connectivity index (χ3v) is 5.32. The van der Waals surface area contributed by atoms with E-state index in [2.05, 4.69) is 17.1 Å². The van der Waals surface area contributed by atoms with Crippen LogP contribution in [0.4, 0.5) is 0 Å². The molecule has 6 rings (SSSR count). The molecule has 6 aromatic rings. The fraction of sp³-hybridized carbons (Fsp3) is 0.0385. The lowest BCUT2D eigenvalue weighted by atomic mass is 10.2. The van der Waals surface area contributed by atoms with Crippen molar-refractivity contribution in [2.24, 2.45) is 0 Å². The molecule has 5 nitrogen and oxygen atoms in total. The SMILES string of the molecule is c1ccc(COc2ccc(-c3nc4cc5nc6ccccc6[nH]c5cc4n3)cc2)cc1. The predicted octanol–water partition coefficient (Wildman–Crippen LogP) is 5.91. The van der Waals surface area contributed by atoms with Gasteiger partial charge in [-0.05, 0) is 54.1 Å². The number of aromatic nitrogens is 4. The molecule has 0 atom stereocenters. The van der Waals surface area contributed by atoms with Crippen molar-refractivity contribution in [3.05, 3.63) is 96.6 Å². The van der Waals surface area contributed by atoms with Crippen LogP contribution in [-0.4, -0.2) is 19.9 Å². The molecule has 2 aromatic heterocycles. The van der Waals surface area contributed by atoms with E-state index in [9.17, 15) is 0 Å². The number of hydrogen-bond acceptors (Lipinski definition) is 4. The van der Waals surface area contributed by atoms with Crippen molar-refractivity contribution < 1.29 is 4.74 Å². The number of nitrogens with one attached hydrogen (secondary N) is 1. The van der Waals surface area contributed by atoms with Crippen LogP contribution in [0, 0.1) is 0 Å². The van der Waals surface area contributed by atoms with E-state index < -0.39 is 0 Å². The zero-order valence-electron chi connectivity index (χ0n) is 16.6. The van der Waals surface area contributed by atoms with Crippen LogP contribution in [0.3, 0.4) is 0 Å². The van der Waals surface area contributed by atoms with E-state index in [1.165, 1.54) is 0 Å². The highest BCUT2D eigenvalue weighted by Crippen LogP contribution is 2.26. The van der Waals surface area contributed by atoms with Crippen molar-refractivity contribution in [2.45, 2.75) is 6.61 Å². The summed E-state index contributed by atoms with van der Waals surface area (Å²) in [4.78, 5) is 17.7. The minimum atomic E-state index is 0.543. The first-order valence-corrected chi connectivity index (χ1v) is 10.2. The maximum Gasteiger partial charge on any atom is 0.160 e. The van der Waals surface area contributed by atoms with Gasteiger partial charge in [0.1, 0.15) is 12.4 Å². The summed E-state index contributed by atoms with van der Waals surface area (Å²) in [5, 5.41) is 0. The number of fused-ring (bicyclic) bond motifs is 3. The first-order valence-electron chi connectivity index (χ1n) is 10.2. The number of imidazole rings is 1. The number of H-pyrrole nitrogens is 1. The molecule has 31 heavy (non-hydrogen) atoms. The Balaban J connectivity index is 1.30. The molecule has 0 radical (unpaired) electrons. The van der Waals surface area contributed by atoms with Gasteiger partial charge in [0.15, 0.2) is 5.82 Å². The van der Waals surface area contributed by atoms with Gasteiger partial charge in [-0.1, -0.05) is 42.5 Å². The molecule has 1 N–H and O–H groups in total. The molecule has 0 aliphatic rings. The summed E-state index contributed by atoms with van der Waals surface area (Å²) in [6.07, 6.45) is 0. The van der Waals surface area contributed by atoms with E-state index in [1.54, 1.807) is 0 Å². The van der Waals surface area contributed by atoms with Crippen LogP contribution in [0.2, 0.25) is 0 Å². The molecule has 0 amide bonds. The highest BCUT2D eigenvalue weighted by atomic mass is 16.5. The number of hydrogen-bond donors (Lipinski definition) is 1. The topological polar surface area (TPSA) is 63.7 Å². The number of benzene rings is 4. The molecule has 148 valence electrons. The van der Waals surface area contributed by atoms with Crippen LogP contribution in [0.25, 0.3) is 44.5 Å². The average Bonchev–Trinajstić information content (AvgIpc) is 3.23. The second-order valence-electron chi connectivity index (χ2n) is 7.46. The minimum Gasteiger partial charge on any atom is -0.489 e. The van der Waals surface area contributed by atoms with Crippen molar-refractivity contribution in [1.29, 1.82) is 0 Å². The van der Waals surface area contributed by atoms with Crippen molar-refractivity contribution in [3.8, 4) is 17.1 Å². The van der Waals surface area contributed by atoms with Crippen molar-refractivity contribution in [3.63, 3.8) is 0 Å². The second-order valence-corrected chi connectivity index (χ2v) is 7.46. The maximum atomic E-state index is 5.88. The highest BCUT2D eigenvalue weighted by molar-refractivity contribution is 5.95. The molecule has 0 aliphatic heterocycles. The Morgan fingerprint density at radius 2 is 1.35 bits per heavy atom. The van der Waals surface area contributed by atoms with Crippen LogP contribution in [0.1, 0.15) is 5.56 Å². The summed E-state index contributed by atoms with van der Waals surface area (Å²) in [7, 11) is 0. The fourth-order valence-electron chi connectivity index (χ4n) is 3.71. The summed E-state index contributed by atoms with van der Waals surface area (Å²) in [5.41, 5.74) is 7.53. The molecule has 0 fully saturated rings. The molecule has 2 heterocycles. The molecule has 0 aliphatic carbocycles. The average molecular weight is 402 g/mol. The third-order valence-electron chi connectivity index (χ3n) is 5.32. The Kier molecular flexibility index (Phi) is 4.10. The van der Waals surface area contributed by atoms with Crippen molar-refractivity contribution in [2.75, 3.05) is 0 Å². The van der Waals surface area contributed by atoms with Gasteiger partial charge in [-0.25, -0.2) is 15.0 Å². The van der Waals surface area contributed by atoms with Gasteiger partial charge in [0.25, 0.3) is 0 Å². The summed E-state index contributed by atoms with van der Waals surface area (Å²) in [5.74, 6) is 1.52. The Bertz CT molecular complexity index is 1450. The van der Waals surface area contributed by atoms with Gasteiger partial charge in [0.05, 0.1) is 33.1 Å². The van der Waals surface area contributed by atoms with Crippen LogP contribution in [-0.2, 0) is 6.61 Å². The van der Waals surface area contributed by atoms with Gasteiger partial charge >= 0.3 is 0 Å². The molecule has 4 aromatic carbocycles. The van der Waals surface area contributed by atoms with Gasteiger partial charge in [0, 0.05) is 5.56 Å². The van der Waals surface area contributed by atoms with Crippen molar-refractivity contribution in [1.82, 2.24) is 19.9 Å². The number of rotatable bonds is 4. The molecule has 0 saturated carbocycles. The lowest BCUT2D eigenvalue weighted by Gasteiger charge is -2.06. The Morgan fingerprint density at radius 3 is 2.19 bits per heavy atom. The second kappa shape index (κ2) is 7.22. The maximum absolute atomic E-state index is 5.88. The Hall–Kier alpha value is -4.25. The predicted molar refractivity (Wildman–Crippen MR) is 123 cm³/mol. The largest absolute Gasteiger partial charge is 0.489 e. The smallest absolute Gasteiger partial charge is 0.160 e. The molecule has 0 unspecified atom stereocenters. The Labute approximate surface area is 178 Å². The van der Waals surface area contributed by atoms with Crippen LogP contribution >= 0.6 is 0 Å². The fourth-order valence-corrected chi connectivity index (χ4v) is 3.71. The normalized spacial score (nSPS) is 11.4. The van der Waals surface area contributed by atoms with Gasteiger partial charge in [0.2, 0.25) is 0 Å². The number of para-hydroxylation sites is 2. The summed E-state index contributed by atoms with van der Waals surface area (Å²) >= 11 is 0. The summed E-state index contributed by atoms with van der Waals surface area (Å²) < 4.78 is 5.88. The van der Waals surface area contributed by atoms with Crippen LogP contribution in [0.5, 0.6) is 5.75 Å². The van der Waals surface area contributed by atoms with E-state index in [1.807, 2.05) is 78.9 Å². The highest BCUT2D eigenvalue weighted by Gasteiger charge is 2.10. The van der Waals surface area contributed by atoms with Gasteiger partial charge in [-0.15, -0.1) is 0 Å². The number of aromatic amines is 1. The van der Waals surface area contributed by atoms with E-state index >= 15 is 0 Å². The zero-order chi connectivity index (χ0) is 20.6. The first kappa shape index (κ1) is 17.6. The van der Waals surface area contributed by atoms with E-state index in [4.69, 9.17) is 19.7 Å². The molecule has 5 heteroatoms. The van der Waals surface area contributed by atoms with Gasteiger partial charge < -0.3 is 9.72 Å². The monoisotopic (exact) mass is 402 g/mol. The third kappa shape index (κ3) is 3.36. The molecular weight excluding hydrogens is 384 g/mol. The molecule has 0 bridgehead atoms. The van der Waals surface area contributed by atoms with E-state index in [0.29, 0.717) is 12.4 Å². The van der Waals surface area contributed by atoms with E-state index in [0.717, 1.165) is 50.0 Å². The van der Waals surface area contributed by atoms with Crippen LogP contribution in [0.15, 0.2) is 91.0 Å². The van der Waals surface area contributed by atoms with Crippen molar-refractivity contribution >= 4 is 33.1 Å². The lowest BCUT2D eigenvalue weighted by molar-refractivity contribution is 0.306. The van der Waals surface area contributed by atoms with Crippen LogP contribution < -0.4 is 4.74 Å². The zero-order valence-corrected chi connectivity index (χ0v) is 16.6.